The van der Waals surface area contributed by atoms with Crippen molar-refractivity contribution in [1.82, 2.24) is 0 Å². The Balaban J connectivity index is 2.04. The standard InChI is InChI=1S/C22H36N2O2/c1-3-4-5-6-7-8-9-10-11-12-13-17-22(26)24-21-16-14-15-20(18-21)23-19(2)25/h14-16,18H,3-13,17H2,1-2H3,(H,23,25)(H,24,26). The zero-order valence-corrected chi connectivity index (χ0v) is 16.6. The van der Waals surface area contributed by atoms with E-state index in [0.29, 0.717) is 12.1 Å². The maximum atomic E-state index is 12.0. The second kappa shape index (κ2) is 14.3. The lowest BCUT2D eigenvalue weighted by atomic mass is 10.1. The van der Waals surface area contributed by atoms with Gasteiger partial charge in [-0.1, -0.05) is 77.2 Å². The van der Waals surface area contributed by atoms with Crippen molar-refractivity contribution >= 4 is 23.2 Å². The van der Waals surface area contributed by atoms with Crippen LogP contribution in [0.15, 0.2) is 24.3 Å². The van der Waals surface area contributed by atoms with Gasteiger partial charge in [0.05, 0.1) is 0 Å². The minimum absolute atomic E-state index is 0.0425. The second-order valence-corrected chi connectivity index (χ2v) is 7.10. The molecule has 4 nitrogen and oxygen atoms in total. The van der Waals surface area contributed by atoms with E-state index in [9.17, 15) is 9.59 Å². The van der Waals surface area contributed by atoms with Crippen molar-refractivity contribution in [2.75, 3.05) is 10.6 Å². The molecule has 2 N–H and O–H groups in total. The number of hydrogen-bond acceptors (Lipinski definition) is 2. The average Bonchev–Trinajstić information content (AvgIpc) is 2.59. The summed E-state index contributed by atoms with van der Waals surface area (Å²) in [4.78, 5) is 23.1. The van der Waals surface area contributed by atoms with Gasteiger partial charge in [0, 0.05) is 24.7 Å². The van der Waals surface area contributed by atoms with E-state index in [4.69, 9.17) is 0 Å². The number of carbonyl (C=O) groups excluding carboxylic acids is 2. The molecular formula is C22H36N2O2. The van der Waals surface area contributed by atoms with Crippen molar-refractivity contribution in [1.29, 1.82) is 0 Å². The molecule has 146 valence electrons. The number of benzene rings is 1. The van der Waals surface area contributed by atoms with Crippen molar-refractivity contribution in [3.05, 3.63) is 24.3 Å². The fourth-order valence-electron chi connectivity index (χ4n) is 3.05. The minimum Gasteiger partial charge on any atom is -0.326 e. The van der Waals surface area contributed by atoms with Crippen LogP contribution < -0.4 is 10.6 Å². The Labute approximate surface area is 159 Å². The largest absolute Gasteiger partial charge is 0.326 e. The van der Waals surface area contributed by atoms with Gasteiger partial charge in [0.25, 0.3) is 0 Å². The average molecular weight is 361 g/mol. The van der Waals surface area contributed by atoms with Gasteiger partial charge < -0.3 is 10.6 Å². The Morgan fingerprint density at radius 1 is 0.769 bits per heavy atom. The number of carbonyl (C=O) groups is 2. The molecule has 0 aliphatic rings. The first-order valence-corrected chi connectivity index (χ1v) is 10.3. The molecule has 0 unspecified atom stereocenters. The predicted octanol–water partition coefficient (Wildman–Crippen LogP) is 6.28. The van der Waals surface area contributed by atoms with Gasteiger partial charge in [-0.15, -0.1) is 0 Å². The van der Waals surface area contributed by atoms with Gasteiger partial charge in [0.1, 0.15) is 0 Å². The van der Waals surface area contributed by atoms with Crippen LogP contribution in [0.3, 0.4) is 0 Å². The van der Waals surface area contributed by atoms with Crippen LogP contribution in [0.4, 0.5) is 11.4 Å². The molecule has 26 heavy (non-hydrogen) atoms. The van der Waals surface area contributed by atoms with E-state index in [1.54, 1.807) is 12.1 Å². The third-order valence-electron chi connectivity index (χ3n) is 4.47. The van der Waals surface area contributed by atoms with E-state index < -0.39 is 0 Å². The Kier molecular flexibility index (Phi) is 12.2. The third-order valence-corrected chi connectivity index (χ3v) is 4.47. The fourth-order valence-corrected chi connectivity index (χ4v) is 3.05. The highest BCUT2D eigenvalue weighted by atomic mass is 16.2. The van der Waals surface area contributed by atoms with Gasteiger partial charge in [-0.2, -0.15) is 0 Å². The fraction of sp³-hybridized carbons (Fsp3) is 0.636. The molecule has 0 aliphatic carbocycles. The maximum Gasteiger partial charge on any atom is 0.224 e. The number of nitrogens with one attached hydrogen (secondary N) is 2. The first-order valence-electron chi connectivity index (χ1n) is 10.3. The highest BCUT2D eigenvalue weighted by Crippen LogP contribution is 2.16. The molecule has 1 rings (SSSR count). The summed E-state index contributed by atoms with van der Waals surface area (Å²) < 4.78 is 0. The summed E-state index contributed by atoms with van der Waals surface area (Å²) in [6.45, 7) is 3.72. The topological polar surface area (TPSA) is 58.2 Å². The quantitative estimate of drug-likeness (QED) is 0.383. The van der Waals surface area contributed by atoms with Crippen LogP contribution in [-0.2, 0) is 9.59 Å². The Morgan fingerprint density at radius 2 is 1.27 bits per heavy atom. The number of unbranched alkanes of at least 4 members (excludes halogenated alkanes) is 10. The van der Waals surface area contributed by atoms with Crippen molar-refractivity contribution in [2.45, 2.75) is 90.9 Å². The highest BCUT2D eigenvalue weighted by molar-refractivity contribution is 5.93. The van der Waals surface area contributed by atoms with E-state index in [1.807, 2.05) is 12.1 Å². The summed E-state index contributed by atoms with van der Waals surface area (Å²) in [5.41, 5.74) is 1.43. The molecule has 0 bridgehead atoms. The van der Waals surface area contributed by atoms with Crippen LogP contribution in [-0.4, -0.2) is 11.8 Å². The molecule has 4 heteroatoms. The number of rotatable bonds is 14. The van der Waals surface area contributed by atoms with Crippen molar-refractivity contribution in [2.24, 2.45) is 0 Å². The lowest BCUT2D eigenvalue weighted by Gasteiger charge is -2.08. The Morgan fingerprint density at radius 3 is 1.81 bits per heavy atom. The summed E-state index contributed by atoms with van der Waals surface area (Å²) >= 11 is 0. The molecule has 0 saturated heterocycles. The van der Waals surface area contributed by atoms with E-state index >= 15 is 0 Å². The maximum absolute atomic E-state index is 12.0. The molecule has 0 fully saturated rings. The molecule has 0 aliphatic heterocycles. The normalized spacial score (nSPS) is 10.5. The molecule has 0 saturated carbocycles. The van der Waals surface area contributed by atoms with Gasteiger partial charge in [0.15, 0.2) is 0 Å². The van der Waals surface area contributed by atoms with Crippen LogP contribution in [0.25, 0.3) is 0 Å². The first-order chi connectivity index (χ1) is 12.6. The SMILES string of the molecule is CCCCCCCCCCCCCC(=O)Nc1cccc(NC(C)=O)c1. The van der Waals surface area contributed by atoms with Crippen molar-refractivity contribution < 1.29 is 9.59 Å². The van der Waals surface area contributed by atoms with Crippen LogP contribution >= 0.6 is 0 Å². The van der Waals surface area contributed by atoms with Crippen LogP contribution in [0.5, 0.6) is 0 Å². The monoisotopic (exact) mass is 360 g/mol. The molecule has 0 atom stereocenters. The molecule has 0 radical (unpaired) electrons. The number of anilines is 2. The summed E-state index contributed by atoms with van der Waals surface area (Å²) in [6.07, 6.45) is 14.6. The lowest BCUT2D eigenvalue weighted by Crippen LogP contribution is -2.12. The van der Waals surface area contributed by atoms with E-state index in [-0.39, 0.29) is 11.8 Å². The first kappa shape index (κ1) is 22.2. The molecule has 0 spiro atoms. The smallest absolute Gasteiger partial charge is 0.224 e. The molecule has 1 aromatic rings. The third kappa shape index (κ3) is 11.7. The molecular weight excluding hydrogens is 324 g/mol. The van der Waals surface area contributed by atoms with Gasteiger partial charge in [-0.25, -0.2) is 0 Å². The summed E-state index contributed by atoms with van der Waals surface area (Å²) in [7, 11) is 0. The van der Waals surface area contributed by atoms with E-state index in [2.05, 4.69) is 17.6 Å². The van der Waals surface area contributed by atoms with Crippen LogP contribution in [0, 0.1) is 0 Å². The van der Waals surface area contributed by atoms with E-state index in [0.717, 1.165) is 18.5 Å². The summed E-state index contributed by atoms with van der Waals surface area (Å²) in [5.74, 6) is -0.0738. The Hall–Kier alpha value is -1.84. The highest BCUT2D eigenvalue weighted by Gasteiger charge is 2.04. The van der Waals surface area contributed by atoms with Crippen LogP contribution in [0.2, 0.25) is 0 Å². The minimum atomic E-state index is -0.116. The molecule has 0 aromatic heterocycles. The number of hydrogen-bond donors (Lipinski definition) is 2. The predicted molar refractivity (Wildman–Crippen MR) is 110 cm³/mol. The lowest BCUT2D eigenvalue weighted by molar-refractivity contribution is -0.116. The van der Waals surface area contributed by atoms with Gasteiger partial charge >= 0.3 is 0 Å². The van der Waals surface area contributed by atoms with Gasteiger partial charge in [0.2, 0.25) is 11.8 Å². The zero-order chi connectivity index (χ0) is 19.0. The van der Waals surface area contributed by atoms with Gasteiger partial charge in [-0.3, -0.25) is 9.59 Å². The molecule has 2 amide bonds. The molecule has 1 aromatic carbocycles. The molecule has 0 heterocycles. The Bertz CT molecular complexity index is 529. The van der Waals surface area contributed by atoms with Crippen molar-refractivity contribution in [3.8, 4) is 0 Å². The summed E-state index contributed by atoms with van der Waals surface area (Å²) in [6, 6.07) is 7.24. The van der Waals surface area contributed by atoms with Crippen LogP contribution in [0.1, 0.15) is 90.9 Å². The van der Waals surface area contributed by atoms with Crippen molar-refractivity contribution in [3.63, 3.8) is 0 Å². The zero-order valence-electron chi connectivity index (χ0n) is 16.6. The second-order valence-electron chi connectivity index (χ2n) is 7.10. The van der Waals surface area contributed by atoms with E-state index in [1.165, 1.54) is 64.7 Å². The number of amides is 2. The summed E-state index contributed by atoms with van der Waals surface area (Å²) in [5, 5.41) is 5.62. The van der Waals surface area contributed by atoms with Gasteiger partial charge in [-0.05, 0) is 24.6 Å².